The van der Waals surface area contributed by atoms with Gasteiger partial charge in [0.2, 0.25) is 0 Å². The van der Waals surface area contributed by atoms with Crippen LogP contribution >= 0.6 is 0 Å². The summed E-state index contributed by atoms with van der Waals surface area (Å²) < 4.78 is 13.7. The molecule has 2 saturated heterocycles. The molecule has 8 heteroatoms. The molecule has 154 valence electrons. The molecule has 2 aliphatic heterocycles. The summed E-state index contributed by atoms with van der Waals surface area (Å²) in [5, 5.41) is 0. The average Bonchev–Trinajstić information content (AvgIpc) is 3.66. The van der Waals surface area contributed by atoms with Crippen LogP contribution < -0.4 is 17.1 Å². The van der Waals surface area contributed by atoms with Crippen molar-refractivity contribution in [1.82, 2.24) is 13.7 Å². The molecule has 5 rings (SSSR count). The summed E-state index contributed by atoms with van der Waals surface area (Å²) >= 11 is 0. The van der Waals surface area contributed by atoms with Crippen LogP contribution in [0.4, 0.5) is 0 Å². The van der Waals surface area contributed by atoms with E-state index in [1.54, 1.807) is 0 Å². The summed E-state index contributed by atoms with van der Waals surface area (Å²) in [4.78, 5) is 38.2. The summed E-state index contributed by atoms with van der Waals surface area (Å²) in [5.74, 6) is 0. The van der Waals surface area contributed by atoms with Crippen LogP contribution in [-0.4, -0.2) is 26.9 Å². The number of hydrogen-bond donors (Lipinski definition) is 0. The maximum atomic E-state index is 13.0. The maximum Gasteiger partial charge on any atom is 0.336 e. The quantitative estimate of drug-likeness (QED) is 0.568. The van der Waals surface area contributed by atoms with Crippen LogP contribution in [0.1, 0.15) is 34.5 Å². The number of hydrogen-bond acceptors (Lipinski definition) is 5. The van der Waals surface area contributed by atoms with Gasteiger partial charge in [0.1, 0.15) is 12.2 Å². The molecule has 0 N–H and O–H groups in total. The minimum Gasteiger partial charge on any atom is -0.368 e. The van der Waals surface area contributed by atoms with Gasteiger partial charge in [-0.15, -0.1) is 0 Å². The molecule has 0 radical (unpaired) electrons. The lowest BCUT2D eigenvalue weighted by Crippen LogP contribution is -2.53. The first-order valence-electron chi connectivity index (χ1n) is 9.83. The lowest BCUT2D eigenvalue weighted by atomic mass is 10.1. The molecular formula is C22H21N3O5. The highest BCUT2D eigenvalue weighted by Gasteiger charge is 2.25. The first-order valence-corrected chi connectivity index (χ1v) is 9.83. The van der Waals surface area contributed by atoms with Crippen LogP contribution in [0.2, 0.25) is 0 Å². The van der Waals surface area contributed by atoms with Crippen LogP contribution in [0.25, 0.3) is 0 Å². The third kappa shape index (κ3) is 3.55. The van der Waals surface area contributed by atoms with Crippen LogP contribution in [-0.2, 0) is 29.6 Å². The van der Waals surface area contributed by atoms with Gasteiger partial charge in [-0.2, -0.15) is 0 Å². The Kier molecular flexibility index (Phi) is 4.52. The molecule has 3 heterocycles. The first kappa shape index (κ1) is 18.8. The molecule has 0 aliphatic carbocycles. The van der Waals surface area contributed by atoms with E-state index >= 15 is 0 Å². The van der Waals surface area contributed by atoms with Crippen molar-refractivity contribution in [3.63, 3.8) is 0 Å². The van der Waals surface area contributed by atoms with Crippen LogP contribution in [0.5, 0.6) is 0 Å². The highest BCUT2D eigenvalue weighted by Crippen LogP contribution is 2.30. The average molecular weight is 407 g/mol. The van der Waals surface area contributed by atoms with Gasteiger partial charge in [-0.1, -0.05) is 48.5 Å². The van der Waals surface area contributed by atoms with Gasteiger partial charge in [-0.3, -0.25) is 0 Å². The van der Waals surface area contributed by atoms with Crippen molar-refractivity contribution in [2.75, 3.05) is 13.2 Å². The number of ether oxygens (including phenoxy) is 2. The Balaban J connectivity index is 1.46. The summed E-state index contributed by atoms with van der Waals surface area (Å²) in [6, 6.07) is 15.2. The Morgan fingerprint density at radius 1 is 0.700 bits per heavy atom. The Labute approximate surface area is 171 Å². The molecule has 2 aromatic carbocycles. The molecule has 30 heavy (non-hydrogen) atoms. The molecule has 8 nitrogen and oxygen atoms in total. The van der Waals surface area contributed by atoms with Gasteiger partial charge < -0.3 is 9.47 Å². The summed E-state index contributed by atoms with van der Waals surface area (Å²) in [7, 11) is 1.39. The number of aromatic nitrogens is 3. The van der Waals surface area contributed by atoms with Gasteiger partial charge in [-0.25, -0.2) is 28.1 Å². The van der Waals surface area contributed by atoms with E-state index < -0.39 is 17.1 Å². The van der Waals surface area contributed by atoms with Gasteiger partial charge in [-0.05, 0) is 22.3 Å². The SMILES string of the molecule is Cn1c(=O)n(Cc2ccc(C3CO3)cc2)c(=O)n(Cc2ccc(C3CO3)cc2)c1=O. The molecule has 2 fully saturated rings. The molecule has 1 aromatic heterocycles. The van der Waals surface area contributed by atoms with E-state index in [2.05, 4.69) is 0 Å². The van der Waals surface area contributed by atoms with Crippen molar-refractivity contribution < 1.29 is 9.47 Å². The highest BCUT2D eigenvalue weighted by atomic mass is 16.6. The van der Waals surface area contributed by atoms with Gasteiger partial charge >= 0.3 is 17.1 Å². The molecular weight excluding hydrogens is 386 g/mol. The second-order valence-electron chi connectivity index (χ2n) is 7.71. The predicted molar refractivity (Wildman–Crippen MR) is 109 cm³/mol. The van der Waals surface area contributed by atoms with Gasteiger partial charge in [0.15, 0.2) is 0 Å². The number of benzene rings is 2. The first-order chi connectivity index (χ1) is 14.5. The van der Waals surface area contributed by atoms with E-state index in [1.165, 1.54) is 7.05 Å². The Morgan fingerprint density at radius 3 is 1.40 bits per heavy atom. The summed E-state index contributed by atoms with van der Waals surface area (Å²) in [5.41, 5.74) is 1.88. The van der Waals surface area contributed by atoms with E-state index in [9.17, 15) is 14.4 Å². The summed E-state index contributed by atoms with van der Waals surface area (Å²) in [6.45, 7) is 1.63. The number of nitrogens with zero attached hydrogens (tertiary/aromatic N) is 3. The Morgan fingerprint density at radius 2 is 1.07 bits per heavy atom. The van der Waals surface area contributed by atoms with Crippen molar-refractivity contribution in [3.05, 3.63) is 102 Å². The van der Waals surface area contributed by atoms with E-state index in [1.807, 2.05) is 48.5 Å². The van der Waals surface area contributed by atoms with Crippen LogP contribution in [0.3, 0.4) is 0 Å². The second kappa shape index (κ2) is 7.23. The van der Waals surface area contributed by atoms with Crippen molar-refractivity contribution in [2.45, 2.75) is 25.3 Å². The zero-order valence-corrected chi connectivity index (χ0v) is 16.5. The normalized spacial score (nSPS) is 19.6. The minimum atomic E-state index is -0.628. The smallest absolute Gasteiger partial charge is 0.336 e. The van der Waals surface area contributed by atoms with E-state index in [0.29, 0.717) is 0 Å². The van der Waals surface area contributed by atoms with E-state index in [-0.39, 0.29) is 25.3 Å². The topological polar surface area (TPSA) is 91.1 Å². The predicted octanol–water partition coefficient (Wildman–Crippen LogP) is 0.948. The largest absolute Gasteiger partial charge is 0.368 e. The van der Waals surface area contributed by atoms with Crippen molar-refractivity contribution >= 4 is 0 Å². The molecule has 2 aliphatic rings. The van der Waals surface area contributed by atoms with E-state index in [4.69, 9.17) is 9.47 Å². The standard InChI is InChI=1S/C22H21N3O5/c1-23-20(26)24(10-14-2-6-16(7-3-14)18-12-29-18)22(28)25(21(23)27)11-15-4-8-17(9-5-15)19-13-30-19/h2-9,18-19H,10-13H2,1H3. The van der Waals surface area contributed by atoms with Gasteiger partial charge in [0, 0.05) is 7.05 Å². The lowest BCUT2D eigenvalue weighted by Gasteiger charge is -2.12. The zero-order valence-electron chi connectivity index (χ0n) is 16.5. The fraction of sp³-hybridized carbons (Fsp3) is 0.318. The highest BCUT2D eigenvalue weighted by molar-refractivity contribution is 5.27. The lowest BCUT2D eigenvalue weighted by molar-refractivity contribution is 0.415. The molecule has 0 spiro atoms. The molecule has 0 amide bonds. The fourth-order valence-corrected chi connectivity index (χ4v) is 3.55. The van der Waals surface area contributed by atoms with Crippen LogP contribution in [0.15, 0.2) is 62.9 Å². The fourth-order valence-electron chi connectivity index (χ4n) is 3.55. The van der Waals surface area contributed by atoms with Crippen molar-refractivity contribution in [1.29, 1.82) is 0 Å². The Bertz CT molecular complexity index is 1160. The van der Waals surface area contributed by atoms with Crippen molar-refractivity contribution in [3.8, 4) is 0 Å². The molecule has 0 bridgehead atoms. The number of rotatable bonds is 6. The van der Waals surface area contributed by atoms with E-state index in [0.717, 1.165) is 49.2 Å². The Hall–Kier alpha value is -3.23. The number of epoxide rings is 2. The van der Waals surface area contributed by atoms with Crippen molar-refractivity contribution in [2.24, 2.45) is 7.05 Å². The minimum absolute atomic E-state index is 0.0928. The molecule has 3 aromatic rings. The molecule has 2 unspecified atom stereocenters. The van der Waals surface area contributed by atoms with Gasteiger partial charge in [0.25, 0.3) is 0 Å². The maximum absolute atomic E-state index is 13.0. The monoisotopic (exact) mass is 407 g/mol. The molecule has 0 saturated carbocycles. The third-order valence-electron chi connectivity index (χ3n) is 5.55. The molecule has 2 atom stereocenters. The zero-order chi connectivity index (χ0) is 20.8. The summed E-state index contributed by atoms with van der Waals surface area (Å²) in [6.07, 6.45) is 0.295. The third-order valence-corrected chi connectivity index (χ3v) is 5.55. The van der Waals surface area contributed by atoms with Gasteiger partial charge in [0.05, 0.1) is 26.3 Å². The second-order valence-corrected chi connectivity index (χ2v) is 7.71. The van der Waals surface area contributed by atoms with Crippen LogP contribution in [0, 0.1) is 0 Å².